The van der Waals surface area contributed by atoms with Crippen molar-refractivity contribution in [2.45, 2.75) is 0 Å². The minimum Gasteiger partial charge on any atom is -0.287 e. The molecule has 108 valence electrons. The topological polar surface area (TPSA) is 34.1 Å². The number of carbonyl (C=O) groups is 2. The average molecular weight is 361 g/mol. The third kappa shape index (κ3) is 2.38. The molecule has 0 bridgehead atoms. The van der Waals surface area contributed by atoms with Gasteiger partial charge in [-0.05, 0) is 35.0 Å². The van der Waals surface area contributed by atoms with Crippen LogP contribution < -0.4 is 0 Å². The van der Waals surface area contributed by atoms with Gasteiger partial charge in [-0.1, -0.05) is 12.1 Å². The molecule has 0 spiro atoms. The molecule has 0 unspecified atom stereocenters. The number of fused-ring (bicyclic) bond motifs is 1. The number of hydrogen-bond acceptors (Lipinski definition) is 6. The fraction of sp³-hybridized carbons (Fsp3) is 0. The van der Waals surface area contributed by atoms with Crippen LogP contribution in [0.15, 0.2) is 47.2 Å². The highest BCUT2D eigenvalue weighted by atomic mass is 32.1. The van der Waals surface area contributed by atoms with Gasteiger partial charge in [-0.3, -0.25) is 9.59 Å². The van der Waals surface area contributed by atoms with Crippen molar-refractivity contribution in [2.24, 2.45) is 0 Å². The number of ketones is 2. The summed E-state index contributed by atoms with van der Waals surface area (Å²) < 4.78 is 2.01. The summed E-state index contributed by atoms with van der Waals surface area (Å²) in [6, 6.07) is 11.2. The summed E-state index contributed by atoms with van der Waals surface area (Å²) in [5.74, 6) is 0.129. The van der Waals surface area contributed by atoms with Crippen molar-refractivity contribution in [3.8, 4) is 0 Å². The molecule has 0 N–H and O–H groups in total. The summed E-state index contributed by atoms with van der Waals surface area (Å²) in [6.45, 7) is 0. The van der Waals surface area contributed by atoms with E-state index in [-0.39, 0.29) is 11.6 Å². The third-order valence-corrected chi connectivity index (χ3v) is 7.17. The van der Waals surface area contributed by atoms with Crippen molar-refractivity contribution >= 4 is 66.3 Å². The Morgan fingerprint density at radius 2 is 1.14 bits per heavy atom. The first kappa shape index (κ1) is 14.0. The second-order valence-electron chi connectivity index (χ2n) is 4.56. The lowest BCUT2D eigenvalue weighted by Crippen LogP contribution is -1.94. The lowest BCUT2D eigenvalue weighted by Gasteiger charge is -1.92. The molecule has 22 heavy (non-hydrogen) atoms. The minimum atomic E-state index is 0.0644. The summed E-state index contributed by atoms with van der Waals surface area (Å²) in [5.41, 5.74) is 0. The van der Waals surface area contributed by atoms with Crippen molar-refractivity contribution in [1.29, 1.82) is 0 Å². The van der Waals surface area contributed by atoms with Crippen LogP contribution in [0.25, 0.3) is 9.40 Å². The first-order valence-electron chi connectivity index (χ1n) is 6.42. The van der Waals surface area contributed by atoms with E-state index in [9.17, 15) is 9.59 Å². The van der Waals surface area contributed by atoms with Crippen molar-refractivity contribution < 1.29 is 9.59 Å². The van der Waals surface area contributed by atoms with E-state index < -0.39 is 0 Å². The van der Waals surface area contributed by atoms with E-state index in [1.165, 1.54) is 45.3 Å². The molecule has 4 aromatic rings. The fourth-order valence-electron chi connectivity index (χ4n) is 2.12. The summed E-state index contributed by atoms with van der Waals surface area (Å²) in [5, 5.41) is 3.81. The van der Waals surface area contributed by atoms with Crippen LogP contribution in [0.2, 0.25) is 0 Å². The normalized spacial score (nSPS) is 11.1. The second-order valence-corrected chi connectivity index (χ2v) is 8.63. The van der Waals surface area contributed by atoms with Crippen LogP contribution in [0.5, 0.6) is 0 Å². The quantitative estimate of drug-likeness (QED) is 0.447. The fourth-order valence-corrected chi connectivity index (χ4v) is 5.91. The first-order chi connectivity index (χ1) is 10.7. The molecule has 0 aliphatic heterocycles. The minimum absolute atomic E-state index is 0.0644. The molecule has 4 aromatic heterocycles. The van der Waals surface area contributed by atoms with Crippen LogP contribution in [0, 0.1) is 0 Å². The van der Waals surface area contributed by atoms with Crippen molar-refractivity contribution in [1.82, 2.24) is 0 Å². The molecule has 0 radical (unpaired) electrons. The molecule has 0 fully saturated rings. The molecule has 0 saturated carbocycles. The van der Waals surface area contributed by atoms with Crippen molar-refractivity contribution in [2.75, 3.05) is 0 Å². The average Bonchev–Trinajstić information content (AvgIpc) is 3.28. The van der Waals surface area contributed by atoms with E-state index in [4.69, 9.17) is 0 Å². The Hall–Kier alpha value is -1.60. The number of thiophene rings is 4. The number of carbonyl (C=O) groups excluding carboxylic acids is 2. The predicted molar refractivity (Wildman–Crippen MR) is 95.2 cm³/mol. The zero-order valence-corrected chi connectivity index (χ0v) is 14.3. The van der Waals surface area contributed by atoms with E-state index in [0.717, 1.165) is 28.9 Å². The molecule has 0 aliphatic carbocycles. The highest BCUT2D eigenvalue weighted by Crippen LogP contribution is 2.35. The van der Waals surface area contributed by atoms with Gasteiger partial charge in [0, 0.05) is 9.40 Å². The van der Waals surface area contributed by atoms with Crippen LogP contribution in [0.1, 0.15) is 29.1 Å². The Morgan fingerprint density at radius 3 is 1.50 bits per heavy atom. The molecule has 2 nitrogen and oxygen atoms in total. The molecule has 0 saturated heterocycles. The Balaban J connectivity index is 1.68. The lowest BCUT2D eigenvalue weighted by atomic mass is 10.2. The van der Waals surface area contributed by atoms with Crippen LogP contribution >= 0.6 is 45.3 Å². The zero-order chi connectivity index (χ0) is 15.1. The van der Waals surface area contributed by atoms with Crippen LogP contribution in [0.3, 0.4) is 0 Å². The number of rotatable bonds is 4. The van der Waals surface area contributed by atoms with E-state index in [0.29, 0.717) is 0 Å². The lowest BCUT2D eigenvalue weighted by molar-refractivity contribution is 0.103. The summed E-state index contributed by atoms with van der Waals surface area (Å²) in [7, 11) is 0. The Bertz CT molecular complexity index is 848. The van der Waals surface area contributed by atoms with Crippen molar-refractivity contribution in [3.63, 3.8) is 0 Å². The predicted octanol–water partition coefficient (Wildman–Crippen LogP) is 5.55. The Labute approximate surface area is 142 Å². The number of hydrogen-bond donors (Lipinski definition) is 0. The van der Waals surface area contributed by atoms with E-state index >= 15 is 0 Å². The Morgan fingerprint density at radius 1 is 0.682 bits per heavy atom. The van der Waals surface area contributed by atoms with Gasteiger partial charge in [-0.15, -0.1) is 45.3 Å². The molecule has 0 aliphatic rings. The summed E-state index contributed by atoms with van der Waals surface area (Å²) >= 11 is 5.82. The van der Waals surface area contributed by atoms with Crippen LogP contribution in [0.4, 0.5) is 0 Å². The van der Waals surface area contributed by atoms with Crippen LogP contribution in [-0.4, -0.2) is 11.6 Å². The first-order valence-corrected chi connectivity index (χ1v) is 9.81. The molecular weight excluding hydrogens is 352 g/mol. The molecule has 4 heterocycles. The molecule has 0 amide bonds. The monoisotopic (exact) mass is 360 g/mol. The standard InChI is InChI=1S/C16H8O2S4/c17-15(9-3-1-5-19-9)13-7-11-12(21-13)8-14(22-11)16(18)10-4-2-6-20-10/h1-8H. The highest BCUT2D eigenvalue weighted by Gasteiger charge is 2.18. The Kier molecular flexibility index (Phi) is 3.54. The third-order valence-electron chi connectivity index (χ3n) is 3.14. The van der Waals surface area contributed by atoms with E-state index in [1.54, 1.807) is 0 Å². The van der Waals surface area contributed by atoms with Gasteiger partial charge in [0.2, 0.25) is 11.6 Å². The van der Waals surface area contributed by atoms with Gasteiger partial charge in [-0.25, -0.2) is 0 Å². The smallest absolute Gasteiger partial charge is 0.212 e. The summed E-state index contributed by atoms with van der Waals surface area (Å²) in [6.07, 6.45) is 0. The highest BCUT2D eigenvalue weighted by molar-refractivity contribution is 7.30. The maximum atomic E-state index is 12.3. The van der Waals surface area contributed by atoms with Gasteiger partial charge in [-0.2, -0.15) is 0 Å². The zero-order valence-electron chi connectivity index (χ0n) is 11.1. The van der Waals surface area contributed by atoms with Gasteiger partial charge in [0.25, 0.3) is 0 Å². The largest absolute Gasteiger partial charge is 0.287 e. The van der Waals surface area contributed by atoms with Crippen molar-refractivity contribution in [3.05, 3.63) is 66.7 Å². The van der Waals surface area contributed by atoms with Gasteiger partial charge in [0.1, 0.15) is 0 Å². The molecule has 0 aromatic carbocycles. The van der Waals surface area contributed by atoms with E-state index in [1.807, 2.05) is 47.2 Å². The van der Waals surface area contributed by atoms with Gasteiger partial charge in [0.15, 0.2) is 0 Å². The second kappa shape index (κ2) is 5.55. The summed E-state index contributed by atoms with van der Waals surface area (Å²) in [4.78, 5) is 27.7. The van der Waals surface area contributed by atoms with Gasteiger partial charge < -0.3 is 0 Å². The molecule has 0 atom stereocenters. The molecular formula is C16H8O2S4. The van der Waals surface area contributed by atoms with E-state index in [2.05, 4.69) is 0 Å². The molecule has 6 heteroatoms. The maximum absolute atomic E-state index is 12.3. The van der Waals surface area contributed by atoms with Gasteiger partial charge in [0.05, 0.1) is 19.5 Å². The maximum Gasteiger partial charge on any atom is 0.212 e. The molecule has 4 rings (SSSR count). The van der Waals surface area contributed by atoms with Crippen LogP contribution in [-0.2, 0) is 0 Å². The SMILES string of the molecule is O=C(c1cccs1)c1cc2sc(C(=O)c3cccs3)cc2s1. The van der Waals surface area contributed by atoms with Gasteiger partial charge >= 0.3 is 0 Å².